The zero-order valence-electron chi connectivity index (χ0n) is 8.19. The second kappa shape index (κ2) is 5.75. The molecule has 0 heterocycles. The smallest absolute Gasteiger partial charge is 0.450 e. The molecule has 15 heavy (non-hydrogen) atoms. The van der Waals surface area contributed by atoms with Crippen LogP contribution in [0.15, 0.2) is 28.7 Å². The Morgan fingerprint density at radius 2 is 1.67 bits per heavy atom. The lowest BCUT2D eigenvalue weighted by Crippen LogP contribution is -2.07. The predicted octanol–water partition coefficient (Wildman–Crippen LogP) is 3.94. The zero-order valence-corrected chi connectivity index (χ0v) is 9.77. The van der Waals surface area contributed by atoms with E-state index in [0.29, 0.717) is 0 Å². The number of hydrogen-bond donors (Lipinski definition) is 2. The molecule has 1 saturated carbocycles. The third-order valence-electron chi connectivity index (χ3n) is 2.45. The van der Waals surface area contributed by atoms with E-state index in [1.165, 1.54) is 29.3 Å². The van der Waals surface area contributed by atoms with Gasteiger partial charge in [-0.25, -0.2) is 4.79 Å². The first-order chi connectivity index (χ1) is 7.09. The van der Waals surface area contributed by atoms with Gasteiger partial charge in [-0.05, 0) is 36.5 Å². The van der Waals surface area contributed by atoms with E-state index in [0.717, 1.165) is 5.92 Å². The second-order valence-corrected chi connectivity index (χ2v) is 4.38. The third kappa shape index (κ3) is 4.34. The zero-order chi connectivity index (χ0) is 11.3. The average molecular weight is 273 g/mol. The summed E-state index contributed by atoms with van der Waals surface area (Å²) in [7, 11) is 0. The van der Waals surface area contributed by atoms with Crippen LogP contribution in [0.2, 0.25) is 0 Å². The molecular weight excluding hydrogens is 260 g/mol. The summed E-state index contributed by atoms with van der Waals surface area (Å²) >= 11 is 3.43. The predicted molar refractivity (Wildman–Crippen MR) is 61.4 cm³/mol. The summed E-state index contributed by atoms with van der Waals surface area (Å²) in [6.07, 6.45) is 2.37. The minimum Gasteiger partial charge on any atom is -0.450 e. The Labute approximate surface area is 96.9 Å². The summed E-state index contributed by atoms with van der Waals surface area (Å²) < 4.78 is 1.18. The van der Waals surface area contributed by atoms with Crippen LogP contribution in [0.25, 0.3) is 0 Å². The molecule has 0 aromatic heterocycles. The minimum atomic E-state index is -1.83. The Bertz CT molecular complexity index is 313. The van der Waals surface area contributed by atoms with Crippen molar-refractivity contribution < 1.29 is 15.0 Å². The van der Waals surface area contributed by atoms with Gasteiger partial charge in [-0.15, -0.1) is 0 Å². The van der Waals surface area contributed by atoms with Crippen molar-refractivity contribution in [1.82, 2.24) is 0 Å². The molecule has 0 radical (unpaired) electrons. The van der Waals surface area contributed by atoms with Crippen LogP contribution < -0.4 is 0 Å². The highest BCUT2D eigenvalue weighted by Crippen LogP contribution is 2.36. The highest BCUT2D eigenvalue weighted by Gasteiger charge is 2.18. The van der Waals surface area contributed by atoms with Gasteiger partial charge in [0.15, 0.2) is 0 Å². The SMILES string of the molecule is Brc1ccc(C2CCC2)cc1.O=C(O)O. The Kier molecular flexibility index (Phi) is 4.62. The van der Waals surface area contributed by atoms with Crippen LogP contribution in [0.4, 0.5) is 4.79 Å². The largest absolute Gasteiger partial charge is 0.503 e. The molecule has 1 aromatic carbocycles. The molecule has 0 unspecified atom stereocenters. The first kappa shape index (κ1) is 12.0. The maximum Gasteiger partial charge on any atom is 0.503 e. The average Bonchev–Trinajstić information content (AvgIpc) is 2.04. The molecule has 0 atom stereocenters. The van der Waals surface area contributed by atoms with Crippen molar-refractivity contribution in [3.8, 4) is 0 Å². The quantitative estimate of drug-likeness (QED) is 0.814. The van der Waals surface area contributed by atoms with Crippen molar-refractivity contribution in [2.75, 3.05) is 0 Å². The van der Waals surface area contributed by atoms with Gasteiger partial charge in [-0.1, -0.05) is 34.5 Å². The van der Waals surface area contributed by atoms with Crippen molar-refractivity contribution in [2.24, 2.45) is 0 Å². The molecule has 82 valence electrons. The Balaban J connectivity index is 0.000000245. The van der Waals surface area contributed by atoms with Gasteiger partial charge in [0.2, 0.25) is 0 Å². The van der Waals surface area contributed by atoms with Crippen LogP contribution in [0.3, 0.4) is 0 Å². The Hall–Kier alpha value is -1.03. The first-order valence-corrected chi connectivity index (χ1v) is 5.56. The van der Waals surface area contributed by atoms with Crippen LogP contribution in [-0.4, -0.2) is 16.4 Å². The molecule has 1 aromatic rings. The molecule has 2 rings (SSSR count). The topological polar surface area (TPSA) is 57.5 Å². The fourth-order valence-corrected chi connectivity index (χ4v) is 1.74. The van der Waals surface area contributed by atoms with Gasteiger partial charge in [0.05, 0.1) is 0 Å². The Morgan fingerprint density at radius 1 is 1.20 bits per heavy atom. The summed E-state index contributed by atoms with van der Waals surface area (Å²) in [5, 5.41) is 13.9. The summed E-state index contributed by atoms with van der Waals surface area (Å²) in [6.45, 7) is 0. The normalized spacial score (nSPS) is 14.7. The van der Waals surface area contributed by atoms with E-state index in [9.17, 15) is 0 Å². The summed E-state index contributed by atoms with van der Waals surface area (Å²) in [6, 6.07) is 8.73. The first-order valence-electron chi connectivity index (χ1n) is 4.77. The highest BCUT2D eigenvalue weighted by molar-refractivity contribution is 9.10. The van der Waals surface area contributed by atoms with E-state index in [1.807, 2.05) is 0 Å². The van der Waals surface area contributed by atoms with E-state index in [1.54, 1.807) is 0 Å². The molecule has 1 fully saturated rings. The Morgan fingerprint density at radius 3 is 2.00 bits per heavy atom. The van der Waals surface area contributed by atoms with E-state index in [-0.39, 0.29) is 0 Å². The molecule has 0 bridgehead atoms. The van der Waals surface area contributed by atoms with Gasteiger partial charge in [0.25, 0.3) is 0 Å². The number of carboxylic acid groups (broad SMARTS) is 2. The third-order valence-corrected chi connectivity index (χ3v) is 2.98. The van der Waals surface area contributed by atoms with Crippen molar-refractivity contribution in [2.45, 2.75) is 25.2 Å². The minimum absolute atomic E-state index is 0.864. The summed E-state index contributed by atoms with van der Waals surface area (Å²) in [5.74, 6) is 0.864. The lowest BCUT2D eigenvalue weighted by atomic mass is 9.80. The van der Waals surface area contributed by atoms with Gasteiger partial charge in [0.1, 0.15) is 0 Å². The molecule has 2 N–H and O–H groups in total. The van der Waals surface area contributed by atoms with Gasteiger partial charge in [-0.2, -0.15) is 0 Å². The molecule has 0 amide bonds. The standard InChI is InChI=1S/C10H11Br.CH2O3/c11-10-6-4-9(5-7-10)8-2-1-3-8;2-1(3)4/h4-8H,1-3H2;(H2,2,3,4). The monoisotopic (exact) mass is 272 g/mol. The lowest BCUT2D eigenvalue weighted by molar-refractivity contribution is 0.137. The number of rotatable bonds is 1. The number of carbonyl (C=O) groups is 1. The van der Waals surface area contributed by atoms with Gasteiger partial charge < -0.3 is 10.2 Å². The van der Waals surface area contributed by atoms with Crippen molar-refractivity contribution >= 4 is 22.1 Å². The molecular formula is C11H13BrO3. The van der Waals surface area contributed by atoms with Gasteiger partial charge >= 0.3 is 6.16 Å². The van der Waals surface area contributed by atoms with E-state index >= 15 is 0 Å². The van der Waals surface area contributed by atoms with Crippen molar-refractivity contribution in [3.05, 3.63) is 34.3 Å². The number of hydrogen-bond acceptors (Lipinski definition) is 1. The molecule has 1 aliphatic carbocycles. The number of benzene rings is 1. The van der Waals surface area contributed by atoms with Crippen LogP contribution in [0.5, 0.6) is 0 Å². The van der Waals surface area contributed by atoms with Crippen LogP contribution in [-0.2, 0) is 0 Å². The van der Waals surface area contributed by atoms with Crippen LogP contribution >= 0.6 is 15.9 Å². The maximum absolute atomic E-state index is 8.56. The molecule has 0 aliphatic heterocycles. The van der Waals surface area contributed by atoms with E-state index < -0.39 is 6.16 Å². The summed E-state index contributed by atoms with van der Waals surface area (Å²) in [5.41, 5.74) is 1.51. The molecule has 3 nitrogen and oxygen atoms in total. The number of halogens is 1. The van der Waals surface area contributed by atoms with Crippen molar-refractivity contribution in [1.29, 1.82) is 0 Å². The molecule has 0 saturated heterocycles. The van der Waals surface area contributed by atoms with Gasteiger partial charge in [0, 0.05) is 4.47 Å². The lowest BCUT2D eigenvalue weighted by Gasteiger charge is -2.25. The molecule has 4 heteroatoms. The fraction of sp³-hybridized carbons (Fsp3) is 0.364. The molecule has 1 aliphatic rings. The fourth-order valence-electron chi connectivity index (χ4n) is 1.48. The van der Waals surface area contributed by atoms with Crippen LogP contribution in [0.1, 0.15) is 30.7 Å². The van der Waals surface area contributed by atoms with E-state index in [4.69, 9.17) is 15.0 Å². The second-order valence-electron chi connectivity index (χ2n) is 3.46. The maximum atomic E-state index is 8.56. The molecule has 0 spiro atoms. The summed E-state index contributed by atoms with van der Waals surface area (Å²) in [4.78, 5) is 8.56. The van der Waals surface area contributed by atoms with Gasteiger partial charge in [-0.3, -0.25) is 0 Å². The van der Waals surface area contributed by atoms with E-state index in [2.05, 4.69) is 40.2 Å². The van der Waals surface area contributed by atoms with Crippen molar-refractivity contribution in [3.63, 3.8) is 0 Å². The van der Waals surface area contributed by atoms with Crippen LogP contribution in [0, 0.1) is 0 Å². The highest BCUT2D eigenvalue weighted by atomic mass is 79.9.